The molecule has 0 spiro atoms. The van der Waals surface area contributed by atoms with Crippen LogP contribution in [0.3, 0.4) is 0 Å². The first-order valence-corrected chi connectivity index (χ1v) is 9.66. The van der Waals surface area contributed by atoms with Gasteiger partial charge in [-0.1, -0.05) is 36.4 Å². The fourth-order valence-corrected chi connectivity index (χ4v) is 3.67. The molecule has 1 heterocycles. The number of aryl methyl sites for hydroxylation is 2. The van der Waals surface area contributed by atoms with Crippen molar-refractivity contribution in [3.8, 4) is 5.75 Å². The third-order valence-electron chi connectivity index (χ3n) is 4.97. The molecule has 0 aliphatic carbocycles. The van der Waals surface area contributed by atoms with E-state index < -0.39 is 0 Å². The Labute approximate surface area is 175 Å². The van der Waals surface area contributed by atoms with E-state index in [0.29, 0.717) is 22.6 Å². The number of nitrogens with zero attached hydrogens (tertiary/aromatic N) is 1. The summed E-state index contributed by atoms with van der Waals surface area (Å²) in [7, 11) is 1.59. The molecule has 150 valence electrons. The number of methoxy groups -OCH3 is 1. The Hall–Kier alpha value is -3.86. The predicted molar refractivity (Wildman–Crippen MR) is 118 cm³/mol. The number of rotatable bonds is 5. The van der Waals surface area contributed by atoms with Crippen LogP contribution in [0.4, 0.5) is 11.4 Å². The standard InChI is InChI=1S/C25H22N2O3/c1-16-13-17(2)15-19(14-16)26-23-22(18-9-11-21(30-3)12-10-18)24(28)27(25(23)29)20-7-5-4-6-8-20/h4-15,26H,1-3H3. The lowest BCUT2D eigenvalue weighted by molar-refractivity contribution is -0.120. The summed E-state index contributed by atoms with van der Waals surface area (Å²) in [5, 5.41) is 3.22. The molecule has 3 aromatic carbocycles. The molecule has 0 fully saturated rings. The molecule has 0 saturated carbocycles. The number of para-hydroxylation sites is 1. The van der Waals surface area contributed by atoms with Gasteiger partial charge in [-0.2, -0.15) is 0 Å². The second-order valence-corrected chi connectivity index (χ2v) is 7.26. The molecule has 30 heavy (non-hydrogen) atoms. The number of hydrogen-bond acceptors (Lipinski definition) is 4. The Kier molecular flexibility index (Phi) is 5.11. The smallest absolute Gasteiger partial charge is 0.282 e. The number of anilines is 2. The fourth-order valence-electron chi connectivity index (χ4n) is 3.67. The summed E-state index contributed by atoms with van der Waals surface area (Å²) < 4.78 is 5.23. The van der Waals surface area contributed by atoms with Gasteiger partial charge in [-0.3, -0.25) is 9.59 Å². The lowest BCUT2D eigenvalue weighted by Gasteiger charge is -2.15. The van der Waals surface area contributed by atoms with Crippen LogP contribution in [0, 0.1) is 13.8 Å². The van der Waals surface area contributed by atoms with E-state index >= 15 is 0 Å². The summed E-state index contributed by atoms with van der Waals surface area (Å²) in [6, 6.07) is 22.1. The molecule has 1 aliphatic rings. The third-order valence-corrected chi connectivity index (χ3v) is 4.97. The molecule has 0 aromatic heterocycles. The van der Waals surface area contributed by atoms with Crippen LogP contribution in [0.5, 0.6) is 5.75 Å². The average molecular weight is 398 g/mol. The van der Waals surface area contributed by atoms with Crippen LogP contribution in [0.2, 0.25) is 0 Å². The van der Waals surface area contributed by atoms with Gasteiger partial charge in [-0.05, 0) is 66.9 Å². The van der Waals surface area contributed by atoms with Crippen molar-refractivity contribution in [2.75, 3.05) is 17.3 Å². The summed E-state index contributed by atoms with van der Waals surface area (Å²) >= 11 is 0. The maximum Gasteiger partial charge on any atom is 0.282 e. The van der Waals surface area contributed by atoms with Gasteiger partial charge in [-0.15, -0.1) is 0 Å². The van der Waals surface area contributed by atoms with Gasteiger partial charge in [0.15, 0.2) is 0 Å². The molecule has 3 aromatic rings. The molecule has 0 saturated heterocycles. The van der Waals surface area contributed by atoms with Gasteiger partial charge < -0.3 is 10.1 Å². The molecule has 0 unspecified atom stereocenters. The van der Waals surface area contributed by atoms with Gasteiger partial charge in [0.05, 0.1) is 18.4 Å². The molecule has 5 nitrogen and oxygen atoms in total. The van der Waals surface area contributed by atoms with Crippen molar-refractivity contribution < 1.29 is 14.3 Å². The Morgan fingerprint density at radius 3 is 2.03 bits per heavy atom. The molecule has 0 radical (unpaired) electrons. The molecule has 1 aliphatic heterocycles. The number of amides is 2. The summed E-state index contributed by atoms with van der Waals surface area (Å²) in [6.07, 6.45) is 0. The Bertz CT molecular complexity index is 1130. The van der Waals surface area contributed by atoms with Crippen LogP contribution in [0.25, 0.3) is 5.57 Å². The van der Waals surface area contributed by atoms with Crippen LogP contribution in [-0.2, 0) is 9.59 Å². The van der Waals surface area contributed by atoms with Gasteiger partial charge in [0.1, 0.15) is 11.4 Å². The molecule has 4 rings (SSSR count). The highest BCUT2D eigenvalue weighted by Crippen LogP contribution is 2.34. The maximum absolute atomic E-state index is 13.4. The highest BCUT2D eigenvalue weighted by Gasteiger charge is 2.40. The summed E-state index contributed by atoms with van der Waals surface area (Å²) in [5.74, 6) is -0.0562. The van der Waals surface area contributed by atoms with Crippen molar-refractivity contribution in [3.63, 3.8) is 0 Å². The van der Waals surface area contributed by atoms with Crippen LogP contribution in [0.1, 0.15) is 16.7 Å². The normalized spacial score (nSPS) is 13.8. The lowest BCUT2D eigenvalue weighted by atomic mass is 10.0. The topological polar surface area (TPSA) is 58.6 Å². The Morgan fingerprint density at radius 2 is 1.43 bits per heavy atom. The molecule has 0 atom stereocenters. The van der Waals surface area contributed by atoms with E-state index in [0.717, 1.165) is 16.8 Å². The van der Waals surface area contributed by atoms with Gasteiger partial charge in [0.25, 0.3) is 11.8 Å². The molecular weight excluding hydrogens is 376 g/mol. The van der Waals surface area contributed by atoms with Crippen molar-refractivity contribution in [1.82, 2.24) is 0 Å². The van der Waals surface area contributed by atoms with E-state index in [2.05, 4.69) is 11.4 Å². The highest BCUT2D eigenvalue weighted by atomic mass is 16.5. The quantitative estimate of drug-likeness (QED) is 0.633. The maximum atomic E-state index is 13.4. The van der Waals surface area contributed by atoms with Crippen molar-refractivity contribution >= 4 is 28.8 Å². The van der Waals surface area contributed by atoms with Gasteiger partial charge in [0, 0.05) is 5.69 Å². The number of carbonyl (C=O) groups excluding carboxylic acids is 2. The number of imide groups is 1. The number of nitrogens with one attached hydrogen (secondary N) is 1. The predicted octanol–water partition coefficient (Wildman–Crippen LogP) is 4.71. The largest absolute Gasteiger partial charge is 0.497 e. The van der Waals surface area contributed by atoms with E-state index in [1.54, 1.807) is 55.6 Å². The number of benzene rings is 3. The average Bonchev–Trinajstić information content (AvgIpc) is 2.97. The van der Waals surface area contributed by atoms with Gasteiger partial charge in [0.2, 0.25) is 0 Å². The van der Waals surface area contributed by atoms with Crippen LogP contribution >= 0.6 is 0 Å². The van der Waals surface area contributed by atoms with Gasteiger partial charge >= 0.3 is 0 Å². The van der Waals surface area contributed by atoms with E-state index in [1.165, 1.54) is 4.90 Å². The molecule has 5 heteroatoms. The second kappa shape index (κ2) is 7.87. The van der Waals surface area contributed by atoms with Crippen molar-refractivity contribution in [2.24, 2.45) is 0 Å². The Morgan fingerprint density at radius 1 is 0.800 bits per heavy atom. The molecule has 1 N–H and O–H groups in total. The van der Waals surface area contributed by atoms with Crippen molar-refractivity contribution in [3.05, 3.63) is 95.2 Å². The van der Waals surface area contributed by atoms with Gasteiger partial charge in [-0.25, -0.2) is 4.90 Å². The van der Waals surface area contributed by atoms with Crippen LogP contribution < -0.4 is 15.0 Å². The minimum atomic E-state index is -0.379. The first-order valence-electron chi connectivity index (χ1n) is 9.66. The molecule has 0 bridgehead atoms. The van der Waals surface area contributed by atoms with E-state index in [9.17, 15) is 9.59 Å². The fraction of sp³-hybridized carbons (Fsp3) is 0.120. The zero-order valence-electron chi connectivity index (χ0n) is 17.1. The number of ether oxygens (including phenoxy) is 1. The zero-order valence-corrected chi connectivity index (χ0v) is 17.1. The molecule has 2 amide bonds. The second-order valence-electron chi connectivity index (χ2n) is 7.26. The minimum Gasteiger partial charge on any atom is -0.497 e. The first-order chi connectivity index (χ1) is 14.5. The monoisotopic (exact) mass is 398 g/mol. The summed E-state index contributed by atoms with van der Waals surface area (Å²) in [6.45, 7) is 3.99. The van der Waals surface area contributed by atoms with E-state index in [-0.39, 0.29) is 17.5 Å². The van der Waals surface area contributed by atoms with Crippen LogP contribution in [0.15, 0.2) is 78.5 Å². The summed E-state index contributed by atoms with van der Waals surface area (Å²) in [4.78, 5) is 28.0. The number of carbonyl (C=O) groups is 2. The van der Waals surface area contributed by atoms with Crippen molar-refractivity contribution in [2.45, 2.75) is 13.8 Å². The molecular formula is C25H22N2O3. The summed E-state index contributed by atoms with van der Waals surface area (Å²) in [5.41, 5.74) is 4.70. The number of hydrogen-bond donors (Lipinski definition) is 1. The van der Waals surface area contributed by atoms with E-state index in [4.69, 9.17) is 4.74 Å². The zero-order chi connectivity index (χ0) is 21.3. The van der Waals surface area contributed by atoms with E-state index in [1.807, 2.05) is 32.0 Å². The van der Waals surface area contributed by atoms with Crippen molar-refractivity contribution in [1.29, 1.82) is 0 Å². The SMILES string of the molecule is COc1ccc(C2=C(Nc3cc(C)cc(C)c3)C(=O)N(c3ccccc3)C2=O)cc1. The lowest BCUT2D eigenvalue weighted by Crippen LogP contribution is -2.32. The highest BCUT2D eigenvalue weighted by molar-refractivity contribution is 6.46. The third kappa shape index (κ3) is 3.57. The first kappa shape index (κ1) is 19.5. The Balaban J connectivity index is 1.83. The minimum absolute atomic E-state index is 0.263. The van der Waals surface area contributed by atoms with Crippen LogP contribution in [-0.4, -0.2) is 18.9 Å².